The number of nitrogens with one attached hydrogen (secondary N) is 1. The van der Waals surface area contributed by atoms with Gasteiger partial charge in [0.05, 0.1) is 5.39 Å². The van der Waals surface area contributed by atoms with E-state index in [0.29, 0.717) is 39.0 Å². The third kappa shape index (κ3) is 3.70. The van der Waals surface area contributed by atoms with E-state index in [9.17, 15) is 14.4 Å². The van der Waals surface area contributed by atoms with Crippen molar-refractivity contribution in [3.63, 3.8) is 0 Å². The number of ether oxygens (including phenoxy) is 1. The SMILES string of the molecule is Cc1c(C(=O)OCC(=O)N[C@@H]2CCC[C@H](C)[C@@H]2C)sc2nc3n(c(=O)c12)CCC3. The summed E-state index contributed by atoms with van der Waals surface area (Å²) in [5, 5.41) is 3.50. The number of thiophene rings is 1. The highest BCUT2D eigenvalue weighted by atomic mass is 32.1. The molecule has 1 aliphatic carbocycles. The molecule has 0 unspecified atom stereocenters. The van der Waals surface area contributed by atoms with Gasteiger partial charge >= 0.3 is 5.97 Å². The minimum atomic E-state index is -0.574. The van der Waals surface area contributed by atoms with Crippen molar-refractivity contribution in [2.75, 3.05) is 6.61 Å². The number of hydrogen-bond donors (Lipinski definition) is 1. The van der Waals surface area contributed by atoms with Crippen LogP contribution in [0.4, 0.5) is 0 Å². The molecular formula is C21H27N3O4S. The molecular weight excluding hydrogens is 390 g/mol. The molecule has 1 aliphatic heterocycles. The minimum absolute atomic E-state index is 0.0894. The van der Waals surface area contributed by atoms with E-state index >= 15 is 0 Å². The molecule has 2 aliphatic rings. The average Bonchev–Trinajstić information content (AvgIpc) is 3.29. The Hall–Kier alpha value is -2.22. The van der Waals surface area contributed by atoms with Crippen LogP contribution in [0.3, 0.4) is 0 Å². The van der Waals surface area contributed by atoms with E-state index in [-0.39, 0.29) is 24.1 Å². The summed E-state index contributed by atoms with van der Waals surface area (Å²) in [5.74, 6) is 0.912. The van der Waals surface area contributed by atoms with E-state index in [0.717, 1.165) is 31.5 Å². The van der Waals surface area contributed by atoms with Crippen molar-refractivity contribution in [3.05, 3.63) is 26.6 Å². The maximum absolute atomic E-state index is 12.7. The summed E-state index contributed by atoms with van der Waals surface area (Å²) in [6.07, 6.45) is 4.94. The molecule has 29 heavy (non-hydrogen) atoms. The zero-order chi connectivity index (χ0) is 20.7. The van der Waals surface area contributed by atoms with Crippen molar-refractivity contribution < 1.29 is 14.3 Å². The number of aromatic nitrogens is 2. The van der Waals surface area contributed by atoms with Crippen LogP contribution < -0.4 is 10.9 Å². The largest absolute Gasteiger partial charge is 0.451 e. The summed E-state index contributed by atoms with van der Waals surface area (Å²) in [6, 6.07) is 0.127. The molecule has 1 N–H and O–H groups in total. The van der Waals surface area contributed by atoms with Crippen molar-refractivity contribution in [1.29, 1.82) is 0 Å². The lowest BCUT2D eigenvalue weighted by Crippen LogP contribution is -2.45. The molecule has 7 nitrogen and oxygen atoms in total. The first-order valence-corrected chi connectivity index (χ1v) is 11.2. The number of esters is 1. The molecule has 0 aromatic carbocycles. The second-order valence-corrected chi connectivity index (χ2v) is 9.34. The quantitative estimate of drug-likeness (QED) is 0.773. The number of carbonyl (C=O) groups is 2. The minimum Gasteiger partial charge on any atom is -0.451 e. The van der Waals surface area contributed by atoms with Gasteiger partial charge in [0.25, 0.3) is 11.5 Å². The van der Waals surface area contributed by atoms with Crippen LogP contribution in [0, 0.1) is 18.8 Å². The molecule has 4 rings (SSSR count). The van der Waals surface area contributed by atoms with Crippen LogP contribution in [0.2, 0.25) is 0 Å². The van der Waals surface area contributed by atoms with E-state index in [2.05, 4.69) is 24.1 Å². The van der Waals surface area contributed by atoms with Crippen LogP contribution in [0.25, 0.3) is 10.2 Å². The summed E-state index contributed by atoms with van der Waals surface area (Å²) in [6.45, 7) is 6.47. The maximum Gasteiger partial charge on any atom is 0.349 e. The molecule has 2 aromatic heterocycles. The molecule has 8 heteroatoms. The van der Waals surface area contributed by atoms with Gasteiger partial charge in [-0.05, 0) is 37.2 Å². The van der Waals surface area contributed by atoms with Gasteiger partial charge in [-0.2, -0.15) is 0 Å². The second-order valence-electron chi connectivity index (χ2n) is 8.34. The van der Waals surface area contributed by atoms with Gasteiger partial charge in [-0.25, -0.2) is 9.78 Å². The van der Waals surface area contributed by atoms with Gasteiger partial charge in [0, 0.05) is 19.0 Å². The standard InChI is InChI=1S/C21H27N3O4S/c1-11-6-4-7-14(12(11)2)22-16(25)10-28-21(27)18-13(3)17-19(29-18)23-15-8-5-9-24(15)20(17)26/h11-12,14H,4-10H2,1-3H3,(H,22,25)/t11-,12-,14+/m0/s1. The molecule has 156 valence electrons. The smallest absolute Gasteiger partial charge is 0.349 e. The number of fused-ring (bicyclic) bond motifs is 2. The van der Waals surface area contributed by atoms with Gasteiger partial charge in [-0.1, -0.05) is 26.7 Å². The highest BCUT2D eigenvalue weighted by Gasteiger charge is 2.29. The lowest BCUT2D eigenvalue weighted by Gasteiger charge is -2.34. The van der Waals surface area contributed by atoms with E-state index in [1.54, 1.807) is 11.5 Å². The topological polar surface area (TPSA) is 90.3 Å². The number of nitrogens with zero attached hydrogens (tertiary/aromatic N) is 2. The first-order chi connectivity index (χ1) is 13.9. The summed E-state index contributed by atoms with van der Waals surface area (Å²) < 4.78 is 6.96. The van der Waals surface area contributed by atoms with Crippen LogP contribution in [-0.2, 0) is 22.5 Å². The van der Waals surface area contributed by atoms with Gasteiger partial charge in [0.15, 0.2) is 6.61 Å². The normalized spacial score (nSPS) is 23.8. The third-order valence-corrected chi connectivity index (χ3v) is 7.65. The molecule has 2 aromatic rings. The van der Waals surface area contributed by atoms with Crippen LogP contribution in [-0.4, -0.2) is 34.1 Å². The van der Waals surface area contributed by atoms with E-state index in [1.807, 2.05) is 0 Å². The number of amides is 1. The Bertz CT molecular complexity index is 1030. The number of rotatable bonds is 4. The summed E-state index contributed by atoms with van der Waals surface area (Å²) >= 11 is 1.17. The highest BCUT2D eigenvalue weighted by molar-refractivity contribution is 7.20. The van der Waals surface area contributed by atoms with Gasteiger partial charge in [0.2, 0.25) is 0 Å². The fourth-order valence-corrected chi connectivity index (χ4v) is 5.59. The van der Waals surface area contributed by atoms with E-state index < -0.39 is 5.97 Å². The number of aryl methyl sites for hydroxylation is 2. The third-order valence-electron chi connectivity index (χ3n) is 6.48. The Morgan fingerprint density at radius 1 is 1.28 bits per heavy atom. The number of hydrogen-bond acceptors (Lipinski definition) is 6. The Kier molecular flexibility index (Phi) is 5.46. The first-order valence-electron chi connectivity index (χ1n) is 10.4. The van der Waals surface area contributed by atoms with Crippen molar-refractivity contribution in [3.8, 4) is 0 Å². The molecule has 3 atom stereocenters. The first kappa shape index (κ1) is 20.1. The van der Waals surface area contributed by atoms with E-state index in [1.165, 1.54) is 17.8 Å². The van der Waals surface area contributed by atoms with Crippen LogP contribution in [0.5, 0.6) is 0 Å². The van der Waals surface area contributed by atoms with Gasteiger partial charge in [-0.3, -0.25) is 14.2 Å². The van der Waals surface area contributed by atoms with Crippen LogP contribution in [0.1, 0.15) is 60.6 Å². The average molecular weight is 418 g/mol. The van der Waals surface area contributed by atoms with Crippen LogP contribution in [0.15, 0.2) is 4.79 Å². The zero-order valence-corrected chi connectivity index (χ0v) is 17.9. The Morgan fingerprint density at radius 3 is 2.86 bits per heavy atom. The molecule has 3 heterocycles. The zero-order valence-electron chi connectivity index (χ0n) is 17.1. The number of carbonyl (C=O) groups excluding carboxylic acids is 2. The molecule has 1 amide bonds. The summed E-state index contributed by atoms with van der Waals surface area (Å²) in [7, 11) is 0. The predicted molar refractivity (Wildman–Crippen MR) is 111 cm³/mol. The van der Waals surface area contributed by atoms with Crippen molar-refractivity contribution in [1.82, 2.24) is 14.9 Å². The second kappa shape index (κ2) is 7.89. The lowest BCUT2D eigenvalue weighted by atomic mass is 9.78. The predicted octanol–water partition coefficient (Wildman–Crippen LogP) is 2.81. The fourth-order valence-electron chi connectivity index (χ4n) is 4.50. The summed E-state index contributed by atoms with van der Waals surface area (Å²) in [5.41, 5.74) is 0.498. The Labute approximate surface area is 173 Å². The van der Waals surface area contributed by atoms with Gasteiger partial charge in [-0.15, -0.1) is 11.3 Å². The lowest BCUT2D eigenvalue weighted by molar-refractivity contribution is -0.125. The molecule has 1 saturated carbocycles. The van der Waals surface area contributed by atoms with Crippen LogP contribution >= 0.6 is 11.3 Å². The Morgan fingerprint density at radius 2 is 2.07 bits per heavy atom. The maximum atomic E-state index is 12.7. The van der Waals surface area contributed by atoms with Crippen molar-refractivity contribution in [2.45, 2.75) is 65.5 Å². The van der Waals surface area contributed by atoms with Gasteiger partial charge in [0.1, 0.15) is 15.5 Å². The summed E-state index contributed by atoms with van der Waals surface area (Å²) in [4.78, 5) is 43.1. The fraction of sp³-hybridized carbons (Fsp3) is 0.619. The van der Waals surface area contributed by atoms with Crippen molar-refractivity contribution >= 4 is 33.4 Å². The molecule has 0 radical (unpaired) electrons. The molecule has 0 spiro atoms. The monoisotopic (exact) mass is 417 g/mol. The Balaban J connectivity index is 1.44. The van der Waals surface area contributed by atoms with Gasteiger partial charge < -0.3 is 10.1 Å². The van der Waals surface area contributed by atoms with E-state index in [4.69, 9.17) is 4.74 Å². The molecule has 0 bridgehead atoms. The van der Waals surface area contributed by atoms with Crippen molar-refractivity contribution in [2.24, 2.45) is 11.8 Å². The molecule has 1 fully saturated rings. The molecule has 0 saturated heterocycles. The highest BCUT2D eigenvalue weighted by Crippen LogP contribution is 2.30.